The number of rotatable bonds is 5. The minimum Gasteiger partial charge on any atom is -0.380 e. The Kier molecular flexibility index (Phi) is 4.80. The highest BCUT2D eigenvalue weighted by atomic mass is 16.5. The van der Waals surface area contributed by atoms with Crippen molar-refractivity contribution in [1.29, 1.82) is 0 Å². The van der Waals surface area contributed by atoms with Crippen molar-refractivity contribution in [3.05, 3.63) is 29.8 Å². The van der Waals surface area contributed by atoms with E-state index in [-0.39, 0.29) is 5.91 Å². The molecule has 1 aromatic rings. The molecule has 0 aromatic heterocycles. The van der Waals surface area contributed by atoms with Crippen LogP contribution in [0.3, 0.4) is 0 Å². The van der Waals surface area contributed by atoms with Crippen molar-refractivity contribution in [3.8, 4) is 0 Å². The highest BCUT2D eigenvalue weighted by molar-refractivity contribution is 5.91. The monoisotopic (exact) mass is 208 g/mol. The number of hydrogen-bond acceptors (Lipinski definition) is 3. The normalized spacial score (nSPS) is 10.0. The van der Waals surface area contributed by atoms with E-state index in [0.717, 1.165) is 11.3 Å². The largest absolute Gasteiger partial charge is 0.380 e. The lowest BCUT2D eigenvalue weighted by Crippen LogP contribution is -2.17. The number of ether oxygens (including phenoxy) is 1. The molecule has 0 atom stereocenters. The van der Waals surface area contributed by atoms with Crippen LogP contribution in [-0.2, 0) is 16.1 Å². The molecule has 0 saturated heterocycles. The first kappa shape index (κ1) is 11.7. The van der Waals surface area contributed by atoms with Crippen LogP contribution in [0.15, 0.2) is 24.3 Å². The summed E-state index contributed by atoms with van der Waals surface area (Å²) in [4.78, 5) is 11.3. The van der Waals surface area contributed by atoms with Gasteiger partial charge in [0.05, 0.1) is 6.61 Å². The number of methoxy groups -OCH3 is 1. The number of carbonyl (C=O) groups is 1. The first-order chi connectivity index (χ1) is 7.27. The quantitative estimate of drug-likeness (QED) is 0.762. The Hall–Kier alpha value is -1.39. The Balaban J connectivity index is 2.70. The van der Waals surface area contributed by atoms with Crippen LogP contribution in [0, 0.1) is 0 Å². The summed E-state index contributed by atoms with van der Waals surface area (Å²) in [5, 5.41) is 2.80. The molecule has 0 unspecified atom stereocenters. The third-order valence-corrected chi connectivity index (χ3v) is 1.96. The van der Waals surface area contributed by atoms with Gasteiger partial charge in [-0.2, -0.15) is 0 Å². The average Bonchev–Trinajstić information content (AvgIpc) is 2.21. The average molecular weight is 208 g/mol. The van der Waals surface area contributed by atoms with E-state index in [1.54, 1.807) is 7.11 Å². The maximum atomic E-state index is 11.3. The molecule has 1 aromatic carbocycles. The maximum absolute atomic E-state index is 11.3. The summed E-state index contributed by atoms with van der Waals surface area (Å²) in [5.74, 6) is -0.0685. The van der Waals surface area contributed by atoms with Gasteiger partial charge in [-0.25, -0.2) is 0 Å². The van der Waals surface area contributed by atoms with Crippen LogP contribution in [0.1, 0.15) is 12.0 Å². The molecule has 0 bridgehead atoms. The van der Waals surface area contributed by atoms with E-state index in [4.69, 9.17) is 10.5 Å². The van der Waals surface area contributed by atoms with Gasteiger partial charge in [-0.05, 0) is 6.07 Å². The molecule has 0 aliphatic carbocycles. The maximum Gasteiger partial charge on any atom is 0.225 e. The van der Waals surface area contributed by atoms with E-state index < -0.39 is 0 Å². The molecule has 1 rings (SSSR count). The first-order valence-electron chi connectivity index (χ1n) is 4.84. The second-order valence-corrected chi connectivity index (χ2v) is 3.18. The topological polar surface area (TPSA) is 64.3 Å². The number of hydrogen-bond donors (Lipinski definition) is 2. The summed E-state index contributed by atoms with van der Waals surface area (Å²) in [5.41, 5.74) is 7.05. The molecule has 4 heteroatoms. The lowest BCUT2D eigenvalue weighted by molar-refractivity contribution is -0.116. The molecule has 15 heavy (non-hydrogen) atoms. The fourth-order valence-electron chi connectivity index (χ4n) is 1.27. The van der Waals surface area contributed by atoms with Gasteiger partial charge < -0.3 is 15.8 Å². The molecule has 82 valence electrons. The van der Waals surface area contributed by atoms with Crippen molar-refractivity contribution in [2.45, 2.75) is 13.0 Å². The van der Waals surface area contributed by atoms with Crippen LogP contribution >= 0.6 is 0 Å². The van der Waals surface area contributed by atoms with Crippen LogP contribution in [0.4, 0.5) is 5.69 Å². The lowest BCUT2D eigenvalue weighted by Gasteiger charge is -2.09. The third-order valence-electron chi connectivity index (χ3n) is 1.96. The van der Waals surface area contributed by atoms with E-state index >= 15 is 0 Å². The fourth-order valence-corrected chi connectivity index (χ4v) is 1.27. The number of nitrogens with two attached hydrogens (primary N) is 1. The Bertz CT molecular complexity index is 326. The molecule has 0 radical (unpaired) electrons. The zero-order chi connectivity index (χ0) is 11.1. The van der Waals surface area contributed by atoms with Crippen molar-refractivity contribution >= 4 is 11.6 Å². The van der Waals surface area contributed by atoms with Gasteiger partial charge >= 0.3 is 0 Å². The summed E-state index contributed by atoms with van der Waals surface area (Å²) < 4.78 is 5.03. The van der Waals surface area contributed by atoms with Gasteiger partial charge in [-0.1, -0.05) is 18.2 Å². The number of nitrogens with one attached hydrogen (secondary N) is 1. The minimum absolute atomic E-state index is 0.0685. The van der Waals surface area contributed by atoms with Crippen molar-refractivity contribution in [3.63, 3.8) is 0 Å². The van der Waals surface area contributed by atoms with Gasteiger partial charge in [0.25, 0.3) is 0 Å². The second kappa shape index (κ2) is 6.16. The molecule has 0 aliphatic rings. The zero-order valence-corrected chi connectivity index (χ0v) is 8.82. The SMILES string of the molecule is COCc1ccccc1NC(=O)CCN. The number of benzene rings is 1. The summed E-state index contributed by atoms with van der Waals surface area (Å²) in [6.45, 7) is 0.845. The zero-order valence-electron chi connectivity index (χ0n) is 8.82. The van der Waals surface area contributed by atoms with Crippen LogP contribution in [-0.4, -0.2) is 19.6 Å². The van der Waals surface area contributed by atoms with Gasteiger partial charge in [0.15, 0.2) is 0 Å². The lowest BCUT2D eigenvalue weighted by atomic mass is 10.2. The molecule has 1 amide bonds. The Labute approximate surface area is 89.4 Å². The van der Waals surface area contributed by atoms with Gasteiger partial charge in [-0.15, -0.1) is 0 Å². The summed E-state index contributed by atoms with van der Waals surface area (Å²) in [7, 11) is 1.62. The van der Waals surface area contributed by atoms with Gasteiger partial charge in [0.1, 0.15) is 0 Å². The van der Waals surface area contributed by atoms with E-state index in [0.29, 0.717) is 19.6 Å². The molecule has 0 fully saturated rings. The predicted octanol–water partition coefficient (Wildman–Crippen LogP) is 1.12. The molecule has 0 spiro atoms. The first-order valence-corrected chi connectivity index (χ1v) is 4.84. The Morgan fingerprint density at radius 1 is 1.47 bits per heavy atom. The fraction of sp³-hybridized carbons (Fsp3) is 0.364. The highest BCUT2D eigenvalue weighted by Gasteiger charge is 2.04. The van der Waals surface area contributed by atoms with E-state index in [2.05, 4.69) is 5.32 Å². The predicted molar refractivity (Wildman–Crippen MR) is 59.5 cm³/mol. The summed E-state index contributed by atoms with van der Waals surface area (Å²) in [6.07, 6.45) is 0.335. The molecule has 0 aliphatic heterocycles. The number of para-hydroxylation sites is 1. The van der Waals surface area contributed by atoms with Gasteiger partial charge in [0, 0.05) is 31.3 Å². The summed E-state index contributed by atoms with van der Waals surface area (Å²) in [6, 6.07) is 7.55. The second-order valence-electron chi connectivity index (χ2n) is 3.18. The van der Waals surface area contributed by atoms with Crippen LogP contribution in [0.5, 0.6) is 0 Å². The van der Waals surface area contributed by atoms with Crippen LogP contribution < -0.4 is 11.1 Å². The van der Waals surface area contributed by atoms with E-state index in [1.165, 1.54) is 0 Å². The van der Waals surface area contributed by atoms with Crippen molar-refractivity contribution in [1.82, 2.24) is 0 Å². The van der Waals surface area contributed by atoms with Crippen LogP contribution in [0.2, 0.25) is 0 Å². The molecular formula is C11H16N2O2. The standard InChI is InChI=1S/C11H16N2O2/c1-15-8-9-4-2-3-5-10(9)13-11(14)6-7-12/h2-5H,6-8,12H2,1H3,(H,13,14). The van der Waals surface area contributed by atoms with Crippen LogP contribution in [0.25, 0.3) is 0 Å². The molecular weight excluding hydrogens is 192 g/mol. The van der Waals surface area contributed by atoms with E-state index in [9.17, 15) is 4.79 Å². The smallest absolute Gasteiger partial charge is 0.225 e. The molecule has 0 heterocycles. The molecule has 4 nitrogen and oxygen atoms in total. The highest BCUT2D eigenvalue weighted by Crippen LogP contribution is 2.15. The van der Waals surface area contributed by atoms with Crippen molar-refractivity contribution in [2.75, 3.05) is 19.0 Å². The number of anilines is 1. The molecule has 3 N–H and O–H groups in total. The van der Waals surface area contributed by atoms with Crippen molar-refractivity contribution in [2.24, 2.45) is 5.73 Å². The van der Waals surface area contributed by atoms with Gasteiger partial charge in [-0.3, -0.25) is 4.79 Å². The Morgan fingerprint density at radius 3 is 2.87 bits per heavy atom. The molecule has 0 saturated carbocycles. The summed E-state index contributed by atoms with van der Waals surface area (Å²) >= 11 is 0. The Morgan fingerprint density at radius 2 is 2.20 bits per heavy atom. The number of amides is 1. The van der Waals surface area contributed by atoms with Crippen molar-refractivity contribution < 1.29 is 9.53 Å². The van der Waals surface area contributed by atoms with E-state index in [1.807, 2.05) is 24.3 Å². The minimum atomic E-state index is -0.0685. The van der Waals surface area contributed by atoms with Gasteiger partial charge in [0.2, 0.25) is 5.91 Å². The number of carbonyl (C=O) groups excluding carboxylic acids is 1. The third kappa shape index (κ3) is 3.69.